The summed E-state index contributed by atoms with van der Waals surface area (Å²) >= 11 is 0. The van der Waals surface area contributed by atoms with Crippen molar-refractivity contribution in [3.8, 4) is 33.4 Å². The van der Waals surface area contributed by atoms with E-state index in [1.54, 1.807) is 0 Å². The lowest BCUT2D eigenvalue weighted by molar-refractivity contribution is 1.63. The Hall–Kier alpha value is -4.77. The van der Waals surface area contributed by atoms with Gasteiger partial charge >= 0.3 is 0 Å². The first-order valence-electron chi connectivity index (χ1n) is 17.2. The van der Waals surface area contributed by atoms with Crippen LogP contribution in [0, 0.1) is 0 Å². The molecule has 234 valence electrons. The van der Waals surface area contributed by atoms with Crippen molar-refractivity contribution in [1.82, 2.24) is 0 Å². The molecule has 0 heterocycles. The van der Waals surface area contributed by atoms with Crippen molar-refractivity contribution >= 4 is 69.6 Å². The molecule has 0 aliphatic rings. The summed E-state index contributed by atoms with van der Waals surface area (Å²) in [6, 6.07) is 55.3. The number of hydrogen-bond acceptors (Lipinski definition) is 0. The third-order valence-electron chi connectivity index (χ3n) is 10.1. The van der Waals surface area contributed by atoms with Gasteiger partial charge in [0.05, 0.1) is 16.1 Å². The van der Waals surface area contributed by atoms with E-state index in [9.17, 15) is 0 Å². The maximum absolute atomic E-state index is 2.42. The third kappa shape index (κ3) is 5.39. The summed E-state index contributed by atoms with van der Waals surface area (Å²) in [5.41, 5.74) is 7.62. The molecule has 8 aromatic rings. The van der Waals surface area contributed by atoms with E-state index in [0.29, 0.717) is 0 Å². The average molecular weight is 651 g/mol. The molecule has 48 heavy (non-hydrogen) atoms. The van der Waals surface area contributed by atoms with E-state index in [4.69, 9.17) is 0 Å². The maximum Gasteiger partial charge on any atom is 0.0776 e. The zero-order chi connectivity index (χ0) is 33.2. The van der Waals surface area contributed by atoms with Gasteiger partial charge in [-0.15, -0.1) is 0 Å². The summed E-state index contributed by atoms with van der Waals surface area (Å²) in [4.78, 5) is 0. The monoisotopic (exact) mass is 650 g/mol. The quantitative estimate of drug-likeness (QED) is 0.128. The van der Waals surface area contributed by atoms with Crippen molar-refractivity contribution in [2.75, 3.05) is 0 Å². The standard InChI is InChI=1S/C46H42Si2/c1-47(2,3)39-24-22-33-26-32(18-19-35(33)29-39)31-12-11-13-37(27-31)45-41-14-7-9-16-43(41)46(44-17-10-8-15-42(44)45)38-21-20-36-30-40(48(4,5)6)25-23-34(36)28-38/h7-30H,1-6H3. The Labute approximate surface area is 286 Å². The van der Waals surface area contributed by atoms with Gasteiger partial charge in [-0.2, -0.15) is 0 Å². The van der Waals surface area contributed by atoms with Gasteiger partial charge in [0.15, 0.2) is 0 Å². The lowest BCUT2D eigenvalue weighted by Gasteiger charge is -2.19. The zero-order valence-corrected chi connectivity index (χ0v) is 30.9. The lowest BCUT2D eigenvalue weighted by Crippen LogP contribution is -2.37. The topological polar surface area (TPSA) is 0 Å². The van der Waals surface area contributed by atoms with Crippen LogP contribution in [0.25, 0.3) is 76.5 Å². The molecule has 8 rings (SSSR count). The highest BCUT2D eigenvalue weighted by atomic mass is 28.3. The number of rotatable bonds is 5. The van der Waals surface area contributed by atoms with Crippen LogP contribution in [0.4, 0.5) is 0 Å². The van der Waals surface area contributed by atoms with Crippen LogP contribution in [-0.2, 0) is 0 Å². The van der Waals surface area contributed by atoms with Gasteiger partial charge in [0.1, 0.15) is 0 Å². The molecule has 0 amide bonds. The fourth-order valence-electron chi connectivity index (χ4n) is 7.36. The summed E-state index contributed by atoms with van der Waals surface area (Å²) in [6.45, 7) is 14.5. The average Bonchev–Trinajstić information content (AvgIpc) is 3.09. The van der Waals surface area contributed by atoms with Crippen LogP contribution in [0.3, 0.4) is 0 Å². The minimum Gasteiger partial charge on any atom is -0.0656 e. The van der Waals surface area contributed by atoms with E-state index >= 15 is 0 Å². The molecule has 0 bridgehead atoms. The van der Waals surface area contributed by atoms with E-state index in [1.807, 2.05) is 0 Å². The van der Waals surface area contributed by atoms with Crippen molar-refractivity contribution in [3.05, 3.63) is 146 Å². The first-order valence-corrected chi connectivity index (χ1v) is 24.2. The van der Waals surface area contributed by atoms with Crippen molar-refractivity contribution in [2.24, 2.45) is 0 Å². The minimum atomic E-state index is -1.38. The molecular formula is C46H42Si2. The molecule has 0 N–H and O–H groups in total. The highest BCUT2D eigenvalue weighted by molar-refractivity contribution is 6.89. The Kier molecular flexibility index (Phi) is 7.28. The van der Waals surface area contributed by atoms with Crippen molar-refractivity contribution in [1.29, 1.82) is 0 Å². The Balaban J connectivity index is 1.29. The maximum atomic E-state index is 2.42. The summed E-state index contributed by atoms with van der Waals surface area (Å²) in [5, 5.41) is 13.4. The Morgan fingerprint density at radius 2 is 0.646 bits per heavy atom. The van der Waals surface area contributed by atoms with Crippen molar-refractivity contribution < 1.29 is 0 Å². The number of benzene rings is 8. The van der Waals surface area contributed by atoms with Crippen molar-refractivity contribution in [2.45, 2.75) is 39.3 Å². The van der Waals surface area contributed by atoms with Crippen LogP contribution < -0.4 is 10.4 Å². The fraction of sp³-hybridized carbons (Fsp3) is 0.130. The first kappa shape index (κ1) is 30.6. The Morgan fingerprint density at radius 3 is 1.12 bits per heavy atom. The summed E-state index contributed by atoms with van der Waals surface area (Å²) in [6.07, 6.45) is 0. The Bertz CT molecular complexity index is 2470. The second-order valence-electron chi connectivity index (χ2n) is 15.5. The molecule has 0 spiro atoms. The second-order valence-corrected chi connectivity index (χ2v) is 25.6. The van der Waals surface area contributed by atoms with Gasteiger partial charge in [-0.05, 0) is 94.7 Å². The molecule has 0 unspecified atom stereocenters. The molecule has 0 saturated heterocycles. The van der Waals surface area contributed by atoms with Crippen LogP contribution in [0.15, 0.2) is 146 Å². The van der Waals surface area contributed by atoms with Gasteiger partial charge < -0.3 is 0 Å². The summed E-state index contributed by atoms with van der Waals surface area (Å²) < 4.78 is 0. The van der Waals surface area contributed by atoms with Crippen LogP contribution in [0.5, 0.6) is 0 Å². The lowest BCUT2D eigenvalue weighted by atomic mass is 9.85. The molecule has 0 saturated carbocycles. The molecule has 0 aliphatic heterocycles. The smallest absolute Gasteiger partial charge is 0.0656 e. The van der Waals surface area contributed by atoms with E-state index in [1.165, 1.54) is 86.8 Å². The molecule has 0 nitrogen and oxygen atoms in total. The normalized spacial score (nSPS) is 12.4. The van der Waals surface area contributed by atoms with Crippen molar-refractivity contribution in [3.63, 3.8) is 0 Å². The van der Waals surface area contributed by atoms with Gasteiger partial charge in [0.2, 0.25) is 0 Å². The predicted octanol–water partition coefficient (Wildman–Crippen LogP) is 12.4. The molecule has 0 atom stereocenters. The van der Waals surface area contributed by atoms with E-state index in [2.05, 4.69) is 185 Å². The number of fused-ring (bicyclic) bond motifs is 4. The van der Waals surface area contributed by atoms with Gasteiger partial charge in [0, 0.05) is 0 Å². The summed E-state index contributed by atoms with van der Waals surface area (Å²) in [5.74, 6) is 0. The van der Waals surface area contributed by atoms with Gasteiger partial charge in [-0.3, -0.25) is 0 Å². The SMILES string of the molecule is C[Si](C)(C)c1ccc2cc(-c3cccc(-c4c5ccccc5c(-c5ccc6cc([Si](C)(C)C)ccc6c5)c5ccccc45)c3)ccc2c1. The third-order valence-corrected chi connectivity index (χ3v) is 14.2. The predicted molar refractivity (Wildman–Crippen MR) is 219 cm³/mol. The van der Waals surface area contributed by atoms with E-state index in [0.717, 1.165) is 0 Å². The molecule has 0 radical (unpaired) electrons. The molecule has 0 aliphatic carbocycles. The highest BCUT2D eigenvalue weighted by Crippen LogP contribution is 2.44. The molecule has 8 aromatic carbocycles. The van der Waals surface area contributed by atoms with Crippen LogP contribution in [-0.4, -0.2) is 16.1 Å². The van der Waals surface area contributed by atoms with Gasteiger partial charge in [0.25, 0.3) is 0 Å². The first-order chi connectivity index (χ1) is 23.0. The molecule has 2 heteroatoms. The van der Waals surface area contributed by atoms with Gasteiger partial charge in [-0.25, -0.2) is 0 Å². The highest BCUT2D eigenvalue weighted by Gasteiger charge is 2.20. The van der Waals surface area contributed by atoms with Crippen LogP contribution in [0.2, 0.25) is 39.3 Å². The van der Waals surface area contributed by atoms with Gasteiger partial charge in [-0.1, -0.05) is 177 Å². The largest absolute Gasteiger partial charge is 0.0776 e. The number of hydrogen-bond donors (Lipinski definition) is 0. The zero-order valence-electron chi connectivity index (χ0n) is 28.9. The van der Waals surface area contributed by atoms with Crippen LogP contribution in [0.1, 0.15) is 0 Å². The molecule has 0 aromatic heterocycles. The Morgan fingerprint density at radius 1 is 0.292 bits per heavy atom. The van der Waals surface area contributed by atoms with E-state index < -0.39 is 16.1 Å². The minimum absolute atomic E-state index is 1.24. The molecular weight excluding hydrogens is 609 g/mol. The van der Waals surface area contributed by atoms with E-state index in [-0.39, 0.29) is 0 Å². The molecule has 0 fully saturated rings. The van der Waals surface area contributed by atoms with Crippen LogP contribution >= 0.6 is 0 Å². The second kappa shape index (κ2) is 11.4. The fourth-order valence-corrected chi connectivity index (χ4v) is 9.71. The summed E-state index contributed by atoms with van der Waals surface area (Å²) in [7, 11) is -2.75.